The number of benzene rings is 2. The summed E-state index contributed by atoms with van der Waals surface area (Å²) in [4.78, 5) is 32.1. The zero-order valence-corrected chi connectivity index (χ0v) is 17.5. The van der Waals surface area contributed by atoms with Crippen molar-refractivity contribution in [1.82, 2.24) is 14.8 Å². The molecule has 8 nitrogen and oxygen atoms in total. The smallest absolute Gasteiger partial charge is 0.278 e. The number of nitro benzene ring substituents is 1. The maximum absolute atomic E-state index is 12.6. The molecule has 31 heavy (non-hydrogen) atoms. The summed E-state index contributed by atoms with van der Waals surface area (Å²) in [6.07, 6.45) is 2.00. The summed E-state index contributed by atoms with van der Waals surface area (Å²) < 4.78 is 0. The molecule has 1 N–H and O–H groups in total. The summed E-state index contributed by atoms with van der Waals surface area (Å²) in [5, 5.41) is 15.1. The number of amides is 1. The number of nitro groups is 1. The molecule has 0 radical (unpaired) electrons. The Bertz CT molecular complexity index is 1090. The predicted octanol–water partition coefficient (Wildman–Crippen LogP) is 3.59. The van der Waals surface area contributed by atoms with Crippen LogP contribution in [0, 0.1) is 10.1 Å². The maximum atomic E-state index is 12.6. The van der Waals surface area contributed by atoms with Crippen molar-refractivity contribution in [2.24, 2.45) is 0 Å². The van der Waals surface area contributed by atoms with E-state index in [1.54, 1.807) is 24.4 Å². The first-order chi connectivity index (χ1) is 15.0. The Kier molecular flexibility index (Phi) is 6.08. The molecule has 0 saturated carbocycles. The third kappa shape index (κ3) is 4.64. The molecule has 2 aromatic carbocycles. The molecule has 8 heteroatoms. The van der Waals surface area contributed by atoms with Crippen LogP contribution < -0.4 is 5.32 Å². The lowest BCUT2D eigenvalue weighted by Gasteiger charge is -2.34. The molecule has 0 aliphatic carbocycles. The highest BCUT2D eigenvalue weighted by atomic mass is 16.6. The Morgan fingerprint density at radius 3 is 2.52 bits per heavy atom. The number of fused-ring (bicyclic) bond motifs is 1. The van der Waals surface area contributed by atoms with Gasteiger partial charge in [0.2, 0.25) is 5.91 Å². The van der Waals surface area contributed by atoms with E-state index in [-0.39, 0.29) is 11.6 Å². The summed E-state index contributed by atoms with van der Waals surface area (Å²) in [5.74, 6) is 0.155. The largest absolute Gasteiger partial charge is 0.354 e. The summed E-state index contributed by atoms with van der Waals surface area (Å²) in [6, 6.07) is 14.2. The lowest BCUT2D eigenvalue weighted by molar-refractivity contribution is -0.383. The van der Waals surface area contributed by atoms with Gasteiger partial charge in [-0.15, -0.1) is 0 Å². The molecule has 0 unspecified atom stereocenters. The van der Waals surface area contributed by atoms with E-state index in [1.165, 1.54) is 6.07 Å². The van der Waals surface area contributed by atoms with E-state index in [9.17, 15) is 14.9 Å². The highest BCUT2D eigenvalue weighted by Gasteiger charge is 2.20. The van der Waals surface area contributed by atoms with Crippen molar-refractivity contribution in [3.05, 3.63) is 70.4 Å². The van der Waals surface area contributed by atoms with Crippen LogP contribution in [0.15, 0.2) is 54.7 Å². The molecule has 4 rings (SSSR count). The van der Waals surface area contributed by atoms with Gasteiger partial charge in [0, 0.05) is 44.1 Å². The van der Waals surface area contributed by atoms with Gasteiger partial charge >= 0.3 is 0 Å². The second-order valence-electron chi connectivity index (χ2n) is 7.60. The second kappa shape index (κ2) is 9.09. The van der Waals surface area contributed by atoms with Gasteiger partial charge in [-0.1, -0.05) is 19.1 Å². The second-order valence-corrected chi connectivity index (χ2v) is 7.60. The van der Waals surface area contributed by atoms with Gasteiger partial charge in [0.05, 0.1) is 22.4 Å². The summed E-state index contributed by atoms with van der Waals surface area (Å²) in [7, 11) is 0. The van der Waals surface area contributed by atoms with Crippen molar-refractivity contribution in [2.75, 3.05) is 38.0 Å². The highest BCUT2D eigenvalue weighted by molar-refractivity contribution is 5.97. The van der Waals surface area contributed by atoms with Crippen molar-refractivity contribution < 1.29 is 9.72 Å². The van der Waals surface area contributed by atoms with E-state index >= 15 is 0 Å². The van der Waals surface area contributed by atoms with Crippen molar-refractivity contribution in [2.45, 2.75) is 13.3 Å². The number of non-ortho nitro benzene ring substituents is 1. The number of nitrogens with one attached hydrogen (secondary N) is 1. The van der Waals surface area contributed by atoms with E-state index in [2.05, 4.69) is 22.1 Å². The van der Waals surface area contributed by atoms with Crippen molar-refractivity contribution in [3.63, 3.8) is 0 Å². The zero-order chi connectivity index (χ0) is 21.8. The molecule has 1 amide bonds. The monoisotopic (exact) mass is 419 g/mol. The number of likely N-dealkylation sites (N-methyl/N-ethyl adjacent to an activating group) is 1. The van der Waals surface area contributed by atoms with Crippen LogP contribution in [-0.4, -0.2) is 58.3 Å². The van der Waals surface area contributed by atoms with Crippen LogP contribution >= 0.6 is 0 Å². The first-order valence-corrected chi connectivity index (χ1v) is 10.4. The van der Waals surface area contributed by atoms with Gasteiger partial charge in [-0.05, 0) is 42.4 Å². The third-order valence-corrected chi connectivity index (χ3v) is 5.70. The number of carbonyl (C=O) groups excluding carboxylic acids is 1. The predicted molar refractivity (Wildman–Crippen MR) is 121 cm³/mol. The van der Waals surface area contributed by atoms with Crippen LogP contribution in [0.2, 0.25) is 0 Å². The van der Waals surface area contributed by atoms with Crippen LogP contribution in [-0.2, 0) is 11.2 Å². The standard InChI is InChI=1S/C23H25N5O3/c1-2-26-12-14-27(15-13-26)22(29)16-17-5-7-18(8-6-17)25-20-9-10-21(28(30)31)19-4-3-11-24-23(19)20/h3-11,25H,2,12-16H2,1H3. The minimum Gasteiger partial charge on any atom is -0.354 e. The maximum Gasteiger partial charge on any atom is 0.278 e. The number of nitrogens with zero attached hydrogens (tertiary/aromatic N) is 4. The highest BCUT2D eigenvalue weighted by Crippen LogP contribution is 2.31. The normalized spacial score (nSPS) is 14.5. The molecule has 1 aliphatic rings. The van der Waals surface area contributed by atoms with E-state index < -0.39 is 4.92 Å². The Hall–Kier alpha value is -3.52. The Balaban J connectivity index is 1.44. The van der Waals surface area contributed by atoms with E-state index in [4.69, 9.17) is 0 Å². The molecule has 1 aromatic heterocycles. The number of carbonyl (C=O) groups is 1. The zero-order valence-electron chi connectivity index (χ0n) is 17.5. The van der Waals surface area contributed by atoms with Gasteiger partial charge in [0.25, 0.3) is 5.69 Å². The minimum atomic E-state index is -0.401. The van der Waals surface area contributed by atoms with Crippen molar-refractivity contribution in [3.8, 4) is 0 Å². The molecule has 0 bridgehead atoms. The number of rotatable bonds is 6. The Morgan fingerprint density at radius 1 is 1.10 bits per heavy atom. The van der Waals surface area contributed by atoms with Gasteiger partial charge in [0.15, 0.2) is 0 Å². The van der Waals surface area contributed by atoms with Gasteiger partial charge in [-0.25, -0.2) is 0 Å². The van der Waals surface area contributed by atoms with Crippen LogP contribution in [0.4, 0.5) is 17.1 Å². The SMILES string of the molecule is CCN1CCN(C(=O)Cc2ccc(Nc3ccc([N+](=O)[O-])c4cccnc34)cc2)CC1. The summed E-state index contributed by atoms with van der Waals surface area (Å²) in [5.41, 5.74) is 3.05. The first-order valence-electron chi connectivity index (χ1n) is 10.4. The minimum absolute atomic E-state index is 0.0299. The lowest BCUT2D eigenvalue weighted by Crippen LogP contribution is -2.48. The molecular weight excluding hydrogens is 394 g/mol. The lowest BCUT2D eigenvalue weighted by atomic mass is 10.1. The summed E-state index contributed by atoms with van der Waals surface area (Å²) >= 11 is 0. The van der Waals surface area contributed by atoms with Crippen LogP contribution in [0.3, 0.4) is 0 Å². The van der Waals surface area contributed by atoms with Crippen LogP contribution in [0.5, 0.6) is 0 Å². The number of hydrogen-bond acceptors (Lipinski definition) is 6. The fourth-order valence-electron chi connectivity index (χ4n) is 3.88. The fourth-order valence-corrected chi connectivity index (χ4v) is 3.88. The molecule has 1 fully saturated rings. The fraction of sp³-hybridized carbons (Fsp3) is 0.304. The molecule has 1 saturated heterocycles. The van der Waals surface area contributed by atoms with Gasteiger partial charge in [-0.3, -0.25) is 19.9 Å². The molecular formula is C23H25N5O3. The average molecular weight is 419 g/mol. The number of piperazine rings is 1. The Morgan fingerprint density at radius 2 is 1.84 bits per heavy atom. The third-order valence-electron chi connectivity index (χ3n) is 5.70. The Labute approximate surface area is 180 Å². The summed E-state index contributed by atoms with van der Waals surface area (Å²) in [6.45, 7) is 6.60. The number of hydrogen-bond donors (Lipinski definition) is 1. The van der Waals surface area contributed by atoms with Crippen LogP contribution in [0.1, 0.15) is 12.5 Å². The van der Waals surface area contributed by atoms with Crippen molar-refractivity contribution >= 4 is 33.9 Å². The van der Waals surface area contributed by atoms with Crippen molar-refractivity contribution in [1.29, 1.82) is 0 Å². The van der Waals surface area contributed by atoms with E-state index in [0.717, 1.165) is 44.0 Å². The van der Waals surface area contributed by atoms with E-state index in [0.29, 0.717) is 23.0 Å². The van der Waals surface area contributed by atoms with Gasteiger partial charge in [0.1, 0.15) is 5.52 Å². The molecule has 0 atom stereocenters. The molecule has 2 heterocycles. The number of aromatic nitrogens is 1. The van der Waals surface area contributed by atoms with Crippen LogP contribution in [0.25, 0.3) is 10.9 Å². The molecule has 160 valence electrons. The molecule has 0 spiro atoms. The first kappa shape index (κ1) is 20.7. The topological polar surface area (TPSA) is 91.6 Å². The molecule has 1 aliphatic heterocycles. The number of pyridine rings is 1. The van der Waals surface area contributed by atoms with Gasteiger partial charge < -0.3 is 15.1 Å². The van der Waals surface area contributed by atoms with E-state index in [1.807, 2.05) is 29.2 Å². The van der Waals surface area contributed by atoms with Gasteiger partial charge in [-0.2, -0.15) is 0 Å². The number of anilines is 2. The average Bonchev–Trinajstić information content (AvgIpc) is 2.80. The molecule has 3 aromatic rings. The quantitative estimate of drug-likeness (QED) is 0.485.